The van der Waals surface area contributed by atoms with Crippen molar-refractivity contribution in [1.82, 2.24) is 19.7 Å². The van der Waals surface area contributed by atoms with Gasteiger partial charge in [0, 0.05) is 25.6 Å². The lowest BCUT2D eigenvalue weighted by Gasteiger charge is -2.06. The maximum atomic E-state index is 12.4. The van der Waals surface area contributed by atoms with Crippen LogP contribution in [0.5, 0.6) is 0 Å². The average molecular weight is 425 g/mol. The van der Waals surface area contributed by atoms with E-state index in [-0.39, 0.29) is 10.5 Å². The highest BCUT2D eigenvalue weighted by Gasteiger charge is 2.20. The van der Waals surface area contributed by atoms with Gasteiger partial charge in [0.1, 0.15) is 0 Å². The minimum absolute atomic E-state index is 0.00252. The van der Waals surface area contributed by atoms with Crippen molar-refractivity contribution in [2.45, 2.75) is 11.8 Å². The van der Waals surface area contributed by atoms with Crippen LogP contribution >= 0.6 is 0 Å². The molecule has 0 spiro atoms. The SMILES string of the molecule is Cc1ccc(S(=O)(=O)NC(=O)c2cc(C=NNC(=O)c3cccnc3)n(C)c2)cc1. The van der Waals surface area contributed by atoms with Crippen molar-refractivity contribution in [2.24, 2.45) is 12.1 Å². The minimum atomic E-state index is -3.99. The highest BCUT2D eigenvalue weighted by Crippen LogP contribution is 2.12. The van der Waals surface area contributed by atoms with Crippen LogP contribution in [-0.4, -0.2) is 36.0 Å². The maximum absolute atomic E-state index is 12.4. The van der Waals surface area contributed by atoms with Crippen LogP contribution in [0.25, 0.3) is 0 Å². The van der Waals surface area contributed by atoms with E-state index in [1.54, 1.807) is 42.1 Å². The molecule has 0 saturated carbocycles. The molecular formula is C20H19N5O4S. The molecule has 1 aromatic carbocycles. The van der Waals surface area contributed by atoms with Crippen molar-refractivity contribution < 1.29 is 18.0 Å². The number of hydrazone groups is 1. The summed E-state index contributed by atoms with van der Waals surface area (Å²) in [5.74, 6) is -1.21. The second-order valence-electron chi connectivity index (χ2n) is 6.45. The van der Waals surface area contributed by atoms with E-state index in [1.807, 2.05) is 11.6 Å². The highest BCUT2D eigenvalue weighted by atomic mass is 32.2. The fraction of sp³-hybridized carbons (Fsp3) is 0.100. The average Bonchev–Trinajstić information content (AvgIpc) is 3.09. The van der Waals surface area contributed by atoms with Gasteiger partial charge in [-0.05, 0) is 37.3 Å². The number of nitrogens with zero attached hydrogens (tertiary/aromatic N) is 3. The lowest BCUT2D eigenvalue weighted by Crippen LogP contribution is -2.30. The topological polar surface area (TPSA) is 123 Å². The van der Waals surface area contributed by atoms with Crippen molar-refractivity contribution >= 4 is 28.1 Å². The van der Waals surface area contributed by atoms with Gasteiger partial charge in [-0.15, -0.1) is 0 Å². The third-order valence-corrected chi connectivity index (χ3v) is 5.50. The minimum Gasteiger partial charge on any atom is -0.349 e. The van der Waals surface area contributed by atoms with E-state index in [1.165, 1.54) is 36.8 Å². The van der Waals surface area contributed by atoms with Crippen LogP contribution in [0.2, 0.25) is 0 Å². The number of pyridine rings is 1. The zero-order valence-electron chi connectivity index (χ0n) is 16.2. The Labute approximate surface area is 173 Å². The largest absolute Gasteiger partial charge is 0.349 e. The summed E-state index contributed by atoms with van der Waals surface area (Å²) >= 11 is 0. The van der Waals surface area contributed by atoms with Gasteiger partial charge in [0.15, 0.2) is 0 Å². The molecule has 0 bridgehead atoms. The number of hydrogen-bond acceptors (Lipinski definition) is 6. The molecule has 2 N–H and O–H groups in total. The van der Waals surface area contributed by atoms with Gasteiger partial charge in [0.05, 0.1) is 27.9 Å². The summed E-state index contributed by atoms with van der Waals surface area (Å²) in [7, 11) is -2.33. The maximum Gasteiger partial charge on any atom is 0.272 e. The molecule has 0 aliphatic rings. The van der Waals surface area contributed by atoms with Crippen LogP contribution in [0.15, 0.2) is 71.1 Å². The third-order valence-electron chi connectivity index (χ3n) is 4.15. The molecule has 3 aromatic rings. The van der Waals surface area contributed by atoms with E-state index >= 15 is 0 Å². The molecule has 2 heterocycles. The van der Waals surface area contributed by atoms with Crippen molar-refractivity contribution in [1.29, 1.82) is 0 Å². The Morgan fingerprint density at radius 2 is 1.83 bits per heavy atom. The monoisotopic (exact) mass is 425 g/mol. The van der Waals surface area contributed by atoms with Gasteiger partial charge < -0.3 is 4.57 Å². The first-order chi connectivity index (χ1) is 14.3. The normalized spacial score (nSPS) is 11.4. The Balaban J connectivity index is 1.68. The predicted molar refractivity (Wildman–Crippen MR) is 111 cm³/mol. The van der Waals surface area contributed by atoms with Crippen LogP contribution in [-0.2, 0) is 17.1 Å². The molecule has 2 amide bonds. The number of aryl methyl sites for hydroxylation is 2. The van der Waals surface area contributed by atoms with E-state index in [4.69, 9.17) is 0 Å². The Morgan fingerprint density at radius 3 is 2.50 bits per heavy atom. The first kappa shape index (κ1) is 20.9. The molecule has 30 heavy (non-hydrogen) atoms. The second kappa shape index (κ2) is 8.70. The molecule has 10 heteroatoms. The molecule has 9 nitrogen and oxygen atoms in total. The molecule has 0 radical (unpaired) electrons. The Kier molecular flexibility index (Phi) is 6.07. The zero-order chi connectivity index (χ0) is 21.7. The van der Waals surface area contributed by atoms with Gasteiger partial charge in [-0.1, -0.05) is 17.7 Å². The van der Waals surface area contributed by atoms with Crippen LogP contribution in [0.4, 0.5) is 0 Å². The molecule has 0 fully saturated rings. The van der Waals surface area contributed by atoms with Crippen LogP contribution in [0.1, 0.15) is 32.0 Å². The number of benzene rings is 1. The number of carbonyl (C=O) groups is 2. The lowest BCUT2D eigenvalue weighted by atomic mass is 10.2. The van der Waals surface area contributed by atoms with E-state index < -0.39 is 21.8 Å². The molecule has 0 unspecified atom stereocenters. The van der Waals surface area contributed by atoms with Crippen LogP contribution < -0.4 is 10.1 Å². The fourth-order valence-electron chi connectivity index (χ4n) is 2.51. The summed E-state index contributed by atoms with van der Waals surface area (Å²) < 4.78 is 28.4. The summed E-state index contributed by atoms with van der Waals surface area (Å²) in [5.41, 5.74) is 4.23. The summed E-state index contributed by atoms with van der Waals surface area (Å²) in [4.78, 5) is 28.2. The zero-order valence-corrected chi connectivity index (χ0v) is 17.1. The molecule has 0 saturated heterocycles. The Hall–Kier alpha value is -3.79. The van der Waals surface area contributed by atoms with Crippen molar-refractivity contribution in [3.8, 4) is 0 Å². The fourth-order valence-corrected chi connectivity index (χ4v) is 3.48. The van der Waals surface area contributed by atoms with Crippen molar-refractivity contribution in [3.63, 3.8) is 0 Å². The van der Waals surface area contributed by atoms with E-state index in [2.05, 4.69) is 15.5 Å². The number of hydrogen-bond donors (Lipinski definition) is 2. The van der Waals surface area contributed by atoms with Crippen LogP contribution in [0.3, 0.4) is 0 Å². The van der Waals surface area contributed by atoms with Crippen molar-refractivity contribution in [3.05, 3.63) is 83.4 Å². The Bertz CT molecular complexity index is 1200. The van der Waals surface area contributed by atoms with Gasteiger partial charge in [-0.2, -0.15) is 5.10 Å². The molecule has 3 rings (SSSR count). The molecule has 0 atom stereocenters. The first-order valence-electron chi connectivity index (χ1n) is 8.80. The van der Waals surface area contributed by atoms with E-state index in [9.17, 15) is 18.0 Å². The molecule has 0 aliphatic carbocycles. The van der Waals surface area contributed by atoms with Gasteiger partial charge in [-0.3, -0.25) is 14.6 Å². The number of aromatic nitrogens is 2. The Morgan fingerprint density at radius 1 is 1.10 bits per heavy atom. The van der Waals surface area contributed by atoms with Gasteiger partial charge >= 0.3 is 0 Å². The predicted octanol–water partition coefficient (Wildman–Crippen LogP) is 1.61. The lowest BCUT2D eigenvalue weighted by molar-refractivity contribution is 0.0952. The number of nitrogens with one attached hydrogen (secondary N) is 2. The van der Waals surface area contributed by atoms with E-state index in [0.717, 1.165) is 5.56 Å². The second-order valence-corrected chi connectivity index (χ2v) is 8.14. The third kappa shape index (κ3) is 4.97. The molecule has 154 valence electrons. The van der Waals surface area contributed by atoms with Gasteiger partial charge in [-0.25, -0.2) is 18.6 Å². The van der Waals surface area contributed by atoms with Crippen LogP contribution in [0, 0.1) is 6.92 Å². The standard InChI is InChI=1S/C20H19N5O4S/c1-14-5-7-18(8-6-14)30(28,29)24-20(27)16-10-17(25(2)13-16)12-22-23-19(26)15-4-3-9-21-11-15/h3-13H,1-2H3,(H,23,26)(H,24,27). The number of sulfonamides is 1. The summed E-state index contributed by atoms with van der Waals surface area (Å²) in [6.07, 6.45) is 5.77. The summed E-state index contributed by atoms with van der Waals surface area (Å²) in [5, 5.41) is 3.86. The number of carbonyl (C=O) groups excluding carboxylic acids is 2. The first-order valence-corrected chi connectivity index (χ1v) is 10.3. The molecular weight excluding hydrogens is 406 g/mol. The molecule has 2 aromatic heterocycles. The summed E-state index contributed by atoms with van der Waals surface area (Å²) in [6, 6.07) is 10.8. The highest BCUT2D eigenvalue weighted by molar-refractivity contribution is 7.90. The van der Waals surface area contributed by atoms with E-state index in [0.29, 0.717) is 11.3 Å². The summed E-state index contributed by atoms with van der Waals surface area (Å²) in [6.45, 7) is 1.83. The number of rotatable bonds is 6. The number of amides is 2. The smallest absolute Gasteiger partial charge is 0.272 e. The van der Waals surface area contributed by atoms with Gasteiger partial charge in [0.25, 0.3) is 21.8 Å². The van der Waals surface area contributed by atoms with Gasteiger partial charge in [0.2, 0.25) is 0 Å². The quantitative estimate of drug-likeness (QED) is 0.459. The van der Waals surface area contributed by atoms with Crippen molar-refractivity contribution in [2.75, 3.05) is 0 Å². The molecule has 0 aliphatic heterocycles.